The number of fused-ring (bicyclic) bond motifs is 4. The minimum atomic E-state index is -4.86. The van der Waals surface area contributed by atoms with Gasteiger partial charge in [0.25, 0.3) is 5.56 Å². The Balaban J connectivity index is 1.15. The van der Waals surface area contributed by atoms with E-state index in [2.05, 4.69) is 29.9 Å². The number of nitrogens with zero attached hydrogens (tertiary/aromatic N) is 7. The number of aliphatic hydroxyl groups is 1. The van der Waals surface area contributed by atoms with Crippen molar-refractivity contribution in [2.45, 2.75) is 47.5 Å². The molecule has 4 fully saturated rings. The van der Waals surface area contributed by atoms with Crippen molar-refractivity contribution in [3.8, 4) is 0 Å². The van der Waals surface area contributed by atoms with E-state index in [1.165, 1.54) is 42.4 Å². The normalized spacial score (nSPS) is 40.4. The average Bonchev–Trinajstić information content (AvgIpc) is 3.30. The van der Waals surface area contributed by atoms with Crippen LogP contribution in [0, 0.1) is 11.3 Å². The highest BCUT2D eigenvalue weighted by Crippen LogP contribution is 2.72. The lowest BCUT2D eigenvalue weighted by Gasteiger charge is -2.31. The Labute approximate surface area is 273 Å². The van der Waals surface area contributed by atoms with Crippen LogP contribution in [0.25, 0.3) is 22.3 Å². The summed E-state index contributed by atoms with van der Waals surface area (Å²) in [6.07, 6.45) is -0.0959. The number of rotatable bonds is 3. The number of imidazole rings is 2. The molecule has 6 heterocycles. The molecule has 2 saturated heterocycles. The van der Waals surface area contributed by atoms with Crippen molar-refractivity contribution < 1.29 is 42.3 Å². The van der Waals surface area contributed by atoms with Crippen LogP contribution in [0.15, 0.2) is 23.8 Å². The molecule has 0 aromatic carbocycles. The fourth-order valence-electron chi connectivity index (χ4n) is 7.08. The molecule has 2 aliphatic carbocycles. The van der Waals surface area contributed by atoms with E-state index in [4.69, 9.17) is 46.1 Å². The number of methoxy groups -OCH3 is 1. The number of anilines is 2. The summed E-state index contributed by atoms with van der Waals surface area (Å²) < 4.78 is 45.8. The van der Waals surface area contributed by atoms with Crippen LogP contribution in [0.3, 0.4) is 0 Å². The quantitative estimate of drug-likeness (QED) is 0.149. The first-order valence-corrected chi connectivity index (χ1v) is 19.2. The number of nitrogens with two attached hydrogens (primary N) is 2. The van der Waals surface area contributed by atoms with E-state index < -0.39 is 73.2 Å². The van der Waals surface area contributed by atoms with Gasteiger partial charge in [0.05, 0.1) is 37.2 Å². The Morgan fingerprint density at radius 2 is 1.89 bits per heavy atom. The molecule has 0 radical (unpaired) electrons. The van der Waals surface area contributed by atoms with Gasteiger partial charge in [-0.05, 0) is 24.1 Å². The van der Waals surface area contributed by atoms with Gasteiger partial charge < -0.3 is 44.7 Å². The van der Waals surface area contributed by atoms with Crippen molar-refractivity contribution in [1.82, 2.24) is 39.0 Å². The number of aromatic amines is 1. The number of hydrogen-bond donors (Lipinski definition) is 6. The van der Waals surface area contributed by atoms with Crippen LogP contribution in [-0.4, -0.2) is 104 Å². The monoisotopic (exact) mass is 730 g/mol. The van der Waals surface area contributed by atoms with Crippen LogP contribution in [0.4, 0.5) is 11.8 Å². The smallest absolute Gasteiger partial charge is 0.388 e. The zero-order valence-corrected chi connectivity index (χ0v) is 27.6. The molecule has 0 amide bonds. The van der Waals surface area contributed by atoms with Gasteiger partial charge in [0.2, 0.25) is 5.95 Å². The lowest BCUT2D eigenvalue weighted by molar-refractivity contribution is -0.0289. The largest absolute Gasteiger partial charge is 0.472 e. The van der Waals surface area contributed by atoms with E-state index in [0.717, 1.165) is 0 Å². The Kier molecular flexibility index (Phi) is 7.38. The molecule has 2 aliphatic heterocycles. The van der Waals surface area contributed by atoms with Crippen LogP contribution < -0.4 is 17.0 Å². The molecule has 2 bridgehead atoms. The molecule has 11 atom stereocenters. The highest BCUT2D eigenvalue weighted by atomic mass is 32.5. The van der Waals surface area contributed by atoms with Gasteiger partial charge in [0.15, 0.2) is 22.6 Å². The van der Waals surface area contributed by atoms with Crippen molar-refractivity contribution in [2.24, 2.45) is 11.3 Å². The molecule has 8 rings (SSSR count). The van der Waals surface area contributed by atoms with E-state index in [1.54, 1.807) is 4.57 Å². The molecule has 24 heteroatoms. The van der Waals surface area contributed by atoms with E-state index in [0.29, 0.717) is 17.6 Å². The molecule has 20 nitrogen and oxygen atoms in total. The van der Waals surface area contributed by atoms with Gasteiger partial charge in [-0.2, -0.15) is 4.98 Å². The topological polar surface area (TPSA) is 283 Å². The summed E-state index contributed by atoms with van der Waals surface area (Å²) in [7, 11) is -3.49. The second kappa shape index (κ2) is 11.0. The molecule has 4 aromatic heterocycles. The predicted octanol–water partition coefficient (Wildman–Crippen LogP) is -0.191. The molecule has 2 saturated carbocycles. The summed E-state index contributed by atoms with van der Waals surface area (Å²) in [6.45, 7) is -4.70. The van der Waals surface area contributed by atoms with Crippen molar-refractivity contribution >= 4 is 72.2 Å². The highest BCUT2D eigenvalue weighted by molar-refractivity contribution is 8.07. The Bertz CT molecular complexity index is 2070. The molecule has 3 unspecified atom stereocenters. The van der Waals surface area contributed by atoms with Crippen molar-refractivity contribution in [1.29, 1.82) is 0 Å². The van der Waals surface area contributed by atoms with Gasteiger partial charge >= 0.3 is 14.5 Å². The van der Waals surface area contributed by atoms with Crippen LogP contribution >= 0.6 is 26.3 Å². The SMILES string of the molecule is CO[C@H]1[C@H]2OP(=O)(O)OCC34C[C@@H]3[C@@H](n3cnc5c(N)ncnc53)[C@H](O)[C@@H]4OP(O)(=S)OC[C@H]1S[C@H]2n1cnc2c(=O)[nH]c(N)nc21. The van der Waals surface area contributed by atoms with Crippen molar-refractivity contribution in [3.63, 3.8) is 0 Å². The number of H-pyrrole nitrogens is 1. The maximum Gasteiger partial charge on any atom is 0.472 e. The second-order valence-electron chi connectivity index (χ2n) is 11.8. The number of phosphoric acid groups is 1. The number of ether oxygens (including phenoxy) is 1. The fraction of sp³-hybridized carbons (Fsp3) is 0.565. The fourth-order valence-corrected chi connectivity index (χ4v) is 11.3. The van der Waals surface area contributed by atoms with E-state index in [1.807, 2.05) is 0 Å². The van der Waals surface area contributed by atoms with Crippen molar-refractivity contribution in [2.75, 3.05) is 31.8 Å². The number of hydrogen-bond acceptors (Lipinski definition) is 17. The molecule has 4 aliphatic rings. The molecular formula is C23H28N10O10P2S2. The van der Waals surface area contributed by atoms with E-state index >= 15 is 0 Å². The summed E-state index contributed by atoms with van der Waals surface area (Å²) in [4.78, 5) is 58.1. The molecular weight excluding hydrogens is 702 g/mol. The van der Waals surface area contributed by atoms with E-state index in [9.17, 15) is 24.3 Å². The molecule has 4 aromatic rings. The molecule has 47 heavy (non-hydrogen) atoms. The summed E-state index contributed by atoms with van der Waals surface area (Å²) in [5.41, 5.74) is 10.9. The number of nitrogen functional groups attached to an aromatic ring is 2. The summed E-state index contributed by atoms with van der Waals surface area (Å²) in [5.74, 6) is -0.384. The molecule has 1 spiro atoms. The zero-order chi connectivity index (χ0) is 33.0. The van der Waals surface area contributed by atoms with Gasteiger partial charge in [0.1, 0.15) is 41.6 Å². The molecule has 252 valence electrons. The Morgan fingerprint density at radius 3 is 2.68 bits per heavy atom. The third-order valence-electron chi connectivity index (χ3n) is 9.21. The maximum atomic E-state index is 13.7. The van der Waals surface area contributed by atoms with Crippen LogP contribution in [0.5, 0.6) is 0 Å². The number of aromatic nitrogens is 8. The Morgan fingerprint density at radius 1 is 1.13 bits per heavy atom. The summed E-state index contributed by atoms with van der Waals surface area (Å²) in [6, 6.07) is -0.698. The van der Waals surface area contributed by atoms with Gasteiger partial charge in [0, 0.05) is 12.5 Å². The van der Waals surface area contributed by atoms with Gasteiger partial charge in [-0.25, -0.2) is 24.5 Å². The summed E-state index contributed by atoms with van der Waals surface area (Å²) in [5, 5.41) is 10.1. The van der Waals surface area contributed by atoms with Gasteiger partial charge in [-0.3, -0.25) is 23.4 Å². The first kappa shape index (κ1) is 31.7. The lowest BCUT2D eigenvalue weighted by atomic mass is 10.0. The minimum absolute atomic E-state index is 0.0107. The maximum absolute atomic E-state index is 13.7. The first-order valence-electron chi connectivity index (χ1n) is 14.2. The lowest BCUT2D eigenvalue weighted by Crippen LogP contribution is -2.38. The minimum Gasteiger partial charge on any atom is -0.388 e. The zero-order valence-electron chi connectivity index (χ0n) is 24.2. The Hall–Kier alpha value is -2.59. The van der Waals surface area contributed by atoms with Crippen LogP contribution in [0.1, 0.15) is 17.8 Å². The van der Waals surface area contributed by atoms with Crippen molar-refractivity contribution in [3.05, 3.63) is 29.3 Å². The second-order valence-corrected chi connectivity index (χ2v) is 17.3. The third-order valence-corrected chi connectivity index (χ3v) is 13.2. The predicted molar refractivity (Wildman–Crippen MR) is 167 cm³/mol. The number of thioether (sulfide) groups is 1. The standard InChI is InChI=1S/C23H28N10O10P2S2/c1-39-14-9-3-40-45(38,46)43-16-13(34)12(32-6-28-10-17(24)26-5-27-18(10)32)8-2-23(8,16)4-41-44(36,37)42-15(14)21(47-9)33-7-29-11-19(33)30-22(25)31-20(11)35/h5-9,12-16,21,34H,2-4H2,1H3,(H,36,37)(H,38,46)(H2,24,26,27)(H3,25,30,31,35)/t8-,9-,12-,13+,14-,15-,16+,21-,23?,45?/m1/s1. The highest BCUT2D eigenvalue weighted by Gasteiger charge is 2.74. The first-order chi connectivity index (χ1) is 22.3. The number of aliphatic hydroxyl groups excluding tert-OH is 1. The third kappa shape index (κ3) is 5.05. The van der Waals surface area contributed by atoms with Crippen LogP contribution in [0.2, 0.25) is 0 Å². The van der Waals surface area contributed by atoms with E-state index in [-0.39, 0.29) is 35.5 Å². The number of phosphoric ester groups is 1. The summed E-state index contributed by atoms with van der Waals surface area (Å²) >= 11 is 6.60. The molecule has 8 N–H and O–H groups in total. The van der Waals surface area contributed by atoms with Crippen LogP contribution in [-0.2, 0) is 39.2 Å². The van der Waals surface area contributed by atoms with Gasteiger partial charge in [-0.1, -0.05) is 0 Å². The average molecular weight is 731 g/mol. The van der Waals surface area contributed by atoms with Gasteiger partial charge in [-0.15, -0.1) is 11.8 Å². The number of nitrogens with one attached hydrogen (secondary N) is 1.